The van der Waals surface area contributed by atoms with Gasteiger partial charge in [-0.1, -0.05) is 26.7 Å². The first-order valence-electron chi connectivity index (χ1n) is 8.36. The summed E-state index contributed by atoms with van der Waals surface area (Å²) in [5.41, 5.74) is 5.29. The monoisotopic (exact) mass is 319 g/mol. The van der Waals surface area contributed by atoms with Gasteiger partial charge < -0.3 is 24.7 Å². The number of rotatable bonds is 16. The Morgan fingerprint density at radius 1 is 0.909 bits per heavy atom. The van der Waals surface area contributed by atoms with Crippen molar-refractivity contribution in [1.82, 2.24) is 0 Å². The van der Waals surface area contributed by atoms with Crippen molar-refractivity contribution in [3.8, 4) is 0 Å². The Balaban J connectivity index is 3.35. The average Bonchev–Trinajstić information content (AvgIpc) is 2.53. The van der Waals surface area contributed by atoms with E-state index in [1.807, 2.05) is 6.92 Å². The maximum Gasteiger partial charge on any atom is 0.308 e. The molecular formula is C16H33NO5. The van der Waals surface area contributed by atoms with Crippen molar-refractivity contribution in [2.24, 2.45) is 11.7 Å². The first-order valence-corrected chi connectivity index (χ1v) is 8.36. The van der Waals surface area contributed by atoms with Crippen LogP contribution in [0.5, 0.6) is 0 Å². The standard InChI is InChI=1S/C16H33NO5/c1-3-5-6-15(4-2)16(18)22-14-13-21-12-11-20-10-9-19-8-7-17/h15H,3-14,17H2,1-2H3. The van der Waals surface area contributed by atoms with E-state index in [0.717, 1.165) is 25.7 Å². The van der Waals surface area contributed by atoms with Crippen molar-refractivity contribution in [2.75, 3.05) is 52.8 Å². The molecule has 1 unspecified atom stereocenters. The molecule has 6 heteroatoms. The van der Waals surface area contributed by atoms with Crippen LogP contribution in [0.2, 0.25) is 0 Å². The third-order valence-electron chi connectivity index (χ3n) is 3.21. The molecule has 0 aliphatic carbocycles. The Labute approximate surface area is 134 Å². The normalized spacial score (nSPS) is 12.3. The molecule has 0 rings (SSSR count). The van der Waals surface area contributed by atoms with E-state index in [1.54, 1.807) is 0 Å². The first-order chi connectivity index (χ1) is 10.8. The minimum Gasteiger partial charge on any atom is -0.463 e. The lowest BCUT2D eigenvalue weighted by Gasteiger charge is -2.13. The van der Waals surface area contributed by atoms with Gasteiger partial charge in [-0.2, -0.15) is 0 Å². The van der Waals surface area contributed by atoms with E-state index in [0.29, 0.717) is 52.8 Å². The zero-order chi connectivity index (χ0) is 16.5. The summed E-state index contributed by atoms with van der Waals surface area (Å²) < 4.78 is 21.0. The van der Waals surface area contributed by atoms with Gasteiger partial charge in [0.2, 0.25) is 0 Å². The molecule has 0 saturated heterocycles. The van der Waals surface area contributed by atoms with Crippen LogP contribution in [-0.4, -0.2) is 58.8 Å². The second-order valence-corrected chi connectivity index (χ2v) is 5.04. The van der Waals surface area contributed by atoms with E-state index < -0.39 is 0 Å². The van der Waals surface area contributed by atoms with Crippen LogP contribution in [-0.2, 0) is 23.7 Å². The maximum absolute atomic E-state index is 11.8. The van der Waals surface area contributed by atoms with Crippen LogP contribution in [0.3, 0.4) is 0 Å². The van der Waals surface area contributed by atoms with E-state index in [-0.39, 0.29) is 11.9 Å². The first kappa shape index (κ1) is 21.3. The van der Waals surface area contributed by atoms with Crippen molar-refractivity contribution in [3.05, 3.63) is 0 Å². The highest BCUT2D eigenvalue weighted by atomic mass is 16.6. The molecule has 6 nitrogen and oxygen atoms in total. The van der Waals surface area contributed by atoms with Crippen LogP contribution in [0, 0.1) is 5.92 Å². The van der Waals surface area contributed by atoms with Crippen LogP contribution in [0.4, 0.5) is 0 Å². The number of esters is 1. The molecule has 0 spiro atoms. The predicted molar refractivity (Wildman–Crippen MR) is 85.8 cm³/mol. The second kappa shape index (κ2) is 16.7. The van der Waals surface area contributed by atoms with Crippen LogP contribution in [0.25, 0.3) is 0 Å². The van der Waals surface area contributed by atoms with Gasteiger partial charge in [0.1, 0.15) is 6.61 Å². The van der Waals surface area contributed by atoms with Crippen molar-refractivity contribution in [3.63, 3.8) is 0 Å². The van der Waals surface area contributed by atoms with Crippen LogP contribution in [0.15, 0.2) is 0 Å². The van der Waals surface area contributed by atoms with Crippen molar-refractivity contribution < 1.29 is 23.7 Å². The molecule has 0 radical (unpaired) electrons. The van der Waals surface area contributed by atoms with Gasteiger partial charge in [-0.05, 0) is 12.8 Å². The molecule has 0 heterocycles. The lowest BCUT2D eigenvalue weighted by Crippen LogP contribution is -2.20. The molecule has 0 aliphatic rings. The summed E-state index contributed by atoms with van der Waals surface area (Å²) >= 11 is 0. The van der Waals surface area contributed by atoms with Gasteiger partial charge in [0.25, 0.3) is 0 Å². The number of carbonyl (C=O) groups is 1. The summed E-state index contributed by atoms with van der Waals surface area (Å²) in [5.74, 6) is -0.0790. The maximum atomic E-state index is 11.8. The smallest absolute Gasteiger partial charge is 0.308 e. The topological polar surface area (TPSA) is 80.0 Å². The van der Waals surface area contributed by atoms with Crippen LogP contribution >= 0.6 is 0 Å². The number of hydrogen-bond acceptors (Lipinski definition) is 6. The predicted octanol–water partition coefficient (Wildman–Crippen LogP) is 1.75. The highest BCUT2D eigenvalue weighted by Gasteiger charge is 2.16. The van der Waals surface area contributed by atoms with Gasteiger partial charge in [0.05, 0.1) is 45.6 Å². The molecule has 2 N–H and O–H groups in total. The van der Waals surface area contributed by atoms with Gasteiger partial charge in [-0.3, -0.25) is 4.79 Å². The van der Waals surface area contributed by atoms with Crippen molar-refractivity contribution in [2.45, 2.75) is 39.5 Å². The zero-order valence-corrected chi connectivity index (χ0v) is 14.2. The third-order valence-corrected chi connectivity index (χ3v) is 3.21. The molecule has 0 bridgehead atoms. The fourth-order valence-electron chi connectivity index (χ4n) is 1.88. The second-order valence-electron chi connectivity index (χ2n) is 5.04. The van der Waals surface area contributed by atoms with E-state index in [2.05, 4.69) is 6.92 Å². The molecular weight excluding hydrogens is 286 g/mol. The van der Waals surface area contributed by atoms with Gasteiger partial charge in [0.15, 0.2) is 0 Å². The summed E-state index contributed by atoms with van der Waals surface area (Å²) in [6.45, 7) is 8.02. The molecule has 0 amide bonds. The van der Waals surface area contributed by atoms with Crippen LogP contribution in [0.1, 0.15) is 39.5 Å². The zero-order valence-electron chi connectivity index (χ0n) is 14.2. The molecule has 0 aromatic heterocycles. The summed E-state index contributed by atoms with van der Waals surface area (Å²) in [4.78, 5) is 11.8. The highest BCUT2D eigenvalue weighted by molar-refractivity contribution is 5.72. The SMILES string of the molecule is CCCCC(CC)C(=O)OCCOCCOCCOCCN. The Morgan fingerprint density at radius 3 is 1.95 bits per heavy atom. The van der Waals surface area contributed by atoms with E-state index >= 15 is 0 Å². The van der Waals surface area contributed by atoms with Gasteiger partial charge in [-0.25, -0.2) is 0 Å². The molecule has 0 aromatic rings. The minimum absolute atomic E-state index is 0.0248. The number of nitrogens with two attached hydrogens (primary N) is 1. The Hall–Kier alpha value is -0.690. The Kier molecular flexibility index (Phi) is 16.2. The number of carbonyl (C=O) groups excluding carboxylic acids is 1. The quantitative estimate of drug-likeness (QED) is 0.345. The number of unbranched alkanes of at least 4 members (excludes halogenated alkanes) is 1. The van der Waals surface area contributed by atoms with Crippen molar-refractivity contribution in [1.29, 1.82) is 0 Å². The summed E-state index contributed by atoms with van der Waals surface area (Å²) in [5, 5.41) is 0. The largest absolute Gasteiger partial charge is 0.463 e. The van der Waals surface area contributed by atoms with Gasteiger partial charge in [0, 0.05) is 6.54 Å². The molecule has 132 valence electrons. The molecule has 0 fully saturated rings. The summed E-state index contributed by atoms with van der Waals surface area (Å²) in [6, 6.07) is 0. The molecule has 0 saturated carbocycles. The molecule has 0 aliphatic heterocycles. The third kappa shape index (κ3) is 13.0. The minimum atomic E-state index is -0.104. The average molecular weight is 319 g/mol. The number of hydrogen-bond donors (Lipinski definition) is 1. The lowest BCUT2D eigenvalue weighted by atomic mass is 10.00. The fourth-order valence-corrected chi connectivity index (χ4v) is 1.88. The lowest BCUT2D eigenvalue weighted by molar-refractivity contribution is -0.150. The van der Waals surface area contributed by atoms with E-state index in [9.17, 15) is 4.79 Å². The van der Waals surface area contributed by atoms with Gasteiger partial charge in [-0.15, -0.1) is 0 Å². The molecule has 1 atom stereocenters. The van der Waals surface area contributed by atoms with Gasteiger partial charge >= 0.3 is 5.97 Å². The number of ether oxygens (including phenoxy) is 4. The molecule has 22 heavy (non-hydrogen) atoms. The summed E-state index contributed by atoms with van der Waals surface area (Å²) in [6.07, 6.45) is 3.91. The fraction of sp³-hybridized carbons (Fsp3) is 0.938. The Morgan fingerprint density at radius 2 is 1.45 bits per heavy atom. The highest BCUT2D eigenvalue weighted by Crippen LogP contribution is 2.14. The Bertz CT molecular complexity index is 251. The van der Waals surface area contributed by atoms with E-state index in [1.165, 1.54) is 0 Å². The van der Waals surface area contributed by atoms with Crippen molar-refractivity contribution >= 4 is 5.97 Å². The molecule has 0 aromatic carbocycles. The van der Waals surface area contributed by atoms with E-state index in [4.69, 9.17) is 24.7 Å². The van der Waals surface area contributed by atoms with Crippen LogP contribution < -0.4 is 5.73 Å². The summed E-state index contributed by atoms with van der Waals surface area (Å²) in [7, 11) is 0.